The number of hydrogen-bond donors (Lipinski definition) is 0. The molecule has 4 rings (SSSR count). The van der Waals surface area contributed by atoms with Gasteiger partial charge in [-0.2, -0.15) is 5.10 Å². The van der Waals surface area contributed by atoms with Crippen molar-refractivity contribution in [2.24, 2.45) is 0 Å². The molecule has 0 bridgehead atoms. The molecule has 3 aromatic rings. The number of aromatic nitrogens is 2. The van der Waals surface area contributed by atoms with Gasteiger partial charge in [0.15, 0.2) is 0 Å². The highest BCUT2D eigenvalue weighted by molar-refractivity contribution is 5.79. The van der Waals surface area contributed by atoms with Crippen molar-refractivity contribution in [3.63, 3.8) is 0 Å². The minimum Gasteiger partial charge on any atom is -0.473 e. The third kappa shape index (κ3) is 4.55. The van der Waals surface area contributed by atoms with Crippen LogP contribution < -0.4 is 4.74 Å². The molecular weight excluding hydrogens is 350 g/mol. The first-order valence-electron chi connectivity index (χ1n) is 9.64. The van der Waals surface area contributed by atoms with Crippen LogP contribution in [0.15, 0.2) is 72.9 Å². The lowest BCUT2D eigenvalue weighted by Crippen LogP contribution is -2.42. The van der Waals surface area contributed by atoms with Crippen LogP contribution >= 0.6 is 0 Å². The zero-order chi connectivity index (χ0) is 19.2. The Balaban J connectivity index is 1.29. The Morgan fingerprint density at radius 2 is 1.64 bits per heavy atom. The zero-order valence-corrected chi connectivity index (χ0v) is 15.7. The fraction of sp³-hybridized carbons (Fsp3) is 0.261. The highest BCUT2D eigenvalue weighted by Gasteiger charge is 2.24. The van der Waals surface area contributed by atoms with E-state index >= 15 is 0 Å². The summed E-state index contributed by atoms with van der Waals surface area (Å²) >= 11 is 0. The van der Waals surface area contributed by atoms with E-state index in [1.165, 1.54) is 11.1 Å². The number of piperidine rings is 1. The zero-order valence-electron chi connectivity index (χ0n) is 15.7. The number of rotatable bonds is 5. The van der Waals surface area contributed by atoms with Crippen LogP contribution in [0.1, 0.15) is 18.4 Å². The van der Waals surface area contributed by atoms with Gasteiger partial charge < -0.3 is 9.64 Å². The maximum Gasteiger partial charge on any atom is 0.233 e. The van der Waals surface area contributed by atoms with Gasteiger partial charge in [0.25, 0.3) is 0 Å². The highest BCUT2D eigenvalue weighted by atomic mass is 16.5. The Morgan fingerprint density at radius 3 is 2.32 bits per heavy atom. The van der Waals surface area contributed by atoms with Crippen LogP contribution in [0.2, 0.25) is 0 Å². The van der Waals surface area contributed by atoms with E-state index in [2.05, 4.69) is 34.5 Å². The normalized spacial score (nSPS) is 14.6. The van der Waals surface area contributed by atoms with Gasteiger partial charge in [-0.05, 0) is 22.8 Å². The molecule has 0 spiro atoms. The minimum atomic E-state index is 0.0888. The smallest absolute Gasteiger partial charge is 0.233 e. The summed E-state index contributed by atoms with van der Waals surface area (Å²) in [5.41, 5.74) is 3.40. The molecule has 0 radical (unpaired) electrons. The number of carbonyl (C=O) groups excluding carboxylic acids is 1. The number of carbonyl (C=O) groups is 1. The maximum absolute atomic E-state index is 12.7. The first-order chi connectivity index (χ1) is 13.8. The maximum atomic E-state index is 12.7. The molecule has 1 amide bonds. The molecule has 2 heterocycles. The lowest BCUT2D eigenvalue weighted by Gasteiger charge is -2.32. The quantitative estimate of drug-likeness (QED) is 0.683. The Bertz CT molecular complexity index is 890. The van der Waals surface area contributed by atoms with Crippen molar-refractivity contribution in [2.45, 2.75) is 25.4 Å². The molecule has 0 aliphatic carbocycles. The van der Waals surface area contributed by atoms with Crippen LogP contribution in [0, 0.1) is 0 Å². The Hall–Kier alpha value is -3.21. The van der Waals surface area contributed by atoms with Gasteiger partial charge in [0.2, 0.25) is 11.8 Å². The van der Waals surface area contributed by atoms with Gasteiger partial charge in [-0.3, -0.25) is 4.79 Å². The van der Waals surface area contributed by atoms with Crippen molar-refractivity contribution in [1.82, 2.24) is 15.1 Å². The molecule has 1 aromatic heterocycles. The van der Waals surface area contributed by atoms with E-state index in [9.17, 15) is 4.79 Å². The Morgan fingerprint density at radius 1 is 0.929 bits per heavy atom. The number of hydrogen-bond acceptors (Lipinski definition) is 4. The number of amides is 1. The number of likely N-dealkylation sites (tertiary alicyclic amines) is 1. The summed E-state index contributed by atoms with van der Waals surface area (Å²) in [6.07, 6.45) is 3.78. The molecule has 0 saturated carbocycles. The van der Waals surface area contributed by atoms with E-state index in [-0.39, 0.29) is 12.0 Å². The molecule has 5 nitrogen and oxygen atoms in total. The van der Waals surface area contributed by atoms with Crippen LogP contribution in [0.4, 0.5) is 0 Å². The van der Waals surface area contributed by atoms with Crippen molar-refractivity contribution >= 4 is 5.91 Å². The molecule has 5 heteroatoms. The second-order valence-electron chi connectivity index (χ2n) is 7.00. The van der Waals surface area contributed by atoms with Crippen molar-refractivity contribution in [1.29, 1.82) is 0 Å². The molecule has 2 aromatic carbocycles. The number of nitrogens with zero attached hydrogens (tertiary/aromatic N) is 3. The van der Waals surface area contributed by atoms with Crippen LogP contribution in [0.25, 0.3) is 11.1 Å². The average molecular weight is 373 g/mol. The minimum absolute atomic E-state index is 0.0888. The summed E-state index contributed by atoms with van der Waals surface area (Å²) in [5.74, 6) is 0.719. The van der Waals surface area contributed by atoms with Crippen LogP contribution in [0.5, 0.6) is 5.88 Å². The van der Waals surface area contributed by atoms with Gasteiger partial charge >= 0.3 is 0 Å². The number of benzene rings is 2. The van der Waals surface area contributed by atoms with Gasteiger partial charge in [0, 0.05) is 38.2 Å². The second-order valence-corrected chi connectivity index (χ2v) is 7.00. The van der Waals surface area contributed by atoms with Crippen LogP contribution in [0.3, 0.4) is 0 Å². The summed E-state index contributed by atoms with van der Waals surface area (Å²) in [6.45, 7) is 1.43. The highest BCUT2D eigenvalue weighted by Crippen LogP contribution is 2.21. The summed E-state index contributed by atoms with van der Waals surface area (Å²) in [5, 5.41) is 7.79. The molecule has 0 N–H and O–H groups in total. The molecule has 1 fully saturated rings. The van der Waals surface area contributed by atoms with Gasteiger partial charge in [0.05, 0.1) is 6.42 Å². The first kappa shape index (κ1) is 18.2. The summed E-state index contributed by atoms with van der Waals surface area (Å²) < 4.78 is 5.85. The molecule has 142 valence electrons. The third-order valence-electron chi connectivity index (χ3n) is 5.05. The topological polar surface area (TPSA) is 55.3 Å². The molecule has 0 unspecified atom stereocenters. The van der Waals surface area contributed by atoms with Gasteiger partial charge in [0.1, 0.15) is 6.10 Å². The lowest BCUT2D eigenvalue weighted by molar-refractivity contribution is -0.132. The SMILES string of the molecule is O=C(Cc1ccc(-c2ccccc2)cc1)N1CCC(Oc2cccnn2)CC1. The van der Waals surface area contributed by atoms with Crippen molar-refractivity contribution < 1.29 is 9.53 Å². The predicted molar refractivity (Wildman–Crippen MR) is 108 cm³/mol. The lowest BCUT2D eigenvalue weighted by atomic mass is 10.0. The standard InChI is InChI=1S/C23H23N3O2/c27-23(17-18-8-10-20(11-9-18)19-5-2-1-3-6-19)26-15-12-21(13-16-26)28-22-7-4-14-24-25-22/h1-11,14,21H,12-13,15-17H2. The molecular formula is C23H23N3O2. The second kappa shape index (κ2) is 8.65. The summed E-state index contributed by atoms with van der Waals surface area (Å²) in [6, 6.07) is 22.1. The first-order valence-corrected chi connectivity index (χ1v) is 9.64. The van der Waals surface area contributed by atoms with E-state index in [0.29, 0.717) is 25.4 Å². The predicted octanol–water partition coefficient (Wildman–Crippen LogP) is 3.76. The van der Waals surface area contributed by atoms with Crippen molar-refractivity contribution in [3.05, 3.63) is 78.5 Å². The van der Waals surface area contributed by atoms with Gasteiger partial charge in [-0.1, -0.05) is 54.6 Å². The van der Waals surface area contributed by atoms with Gasteiger partial charge in [-0.25, -0.2) is 0 Å². The summed E-state index contributed by atoms with van der Waals surface area (Å²) in [4.78, 5) is 14.6. The van der Waals surface area contributed by atoms with Gasteiger partial charge in [-0.15, -0.1) is 5.10 Å². The van der Waals surface area contributed by atoms with E-state index in [1.807, 2.05) is 47.4 Å². The van der Waals surface area contributed by atoms with Crippen LogP contribution in [-0.2, 0) is 11.2 Å². The van der Waals surface area contributed by atoms with E-state index in [4.69, 9.17) is 4.74 Å². The van der Waals surface area contributed by atoms with Crippen LogP contribution in [-0.4, -0.2) is 40.2 Å². The average Bonchev–Trinajstić information content (AvgIpc) is 2.76. The van der Waals surface area contributed by atoms with Crippen molar-refractivity contribution in [2.75, 3.05) is 13.1 Å². The largest absolute Gasteiger partial charge is 0.473 e. The summed E-state index contributed by atoms with van der Waals surface area (Å²) in [7, 11) is 0. The Kier molecular flexibility index (Phi) is 5.61. The van der Waals surface area contributed by atoms with E-state index in [1.54, 1.807) is 6.20 Å². The third-order valence-corrected chi connectivity index (χ3v) is 5.05. The monoisotopic (exact) mass is 373 g/mol. The number of ether oxygens (including phenoxy) is 1. The molecule has 0 atom stereocenters. The fourth-order valence-electron chi connectivity index (χ4n) is 3.48. The fourth-order valence-corrected chi connectivity index (χ4v) is 3.48. The van der Waals surface area contributed by atoms with Crippen molar-refractivity contribution in [3.8, 4) is 17.0 Å². The molecule has 1 saturated heterocycles. The Labute approximate surface area is 165 Å². The van der Waals surface area contributed by atoms with E-state index < -0.39 is 0 Å². The molecule has 1 aliphatic heterocycles. The molecule has 1 aliphatic rings. The van der Waals surface area contributed by atoms with E-state index in [0.717, 1.165) is 18.4 Å². The molecule has 28 heavy (non-hydrogen) atoms.